The number of hydrogen-bond acceptors (Lipinski definition) is 7. The van der Waals surface area contributed by atoms with Gasteiger partial charge in [0.05, 0.1) is 12.5 Å². The average molecular weight is 863 g/mol. The summed E-state index contributed by atoms with van der Waals surface area (Å²) in [5.41, 5.74) is 5.21. The van der Waals surface area contributed by atoms with E-state index in [0.29, 0.717) is 52.0 Å². The predicted molar refractivity (Wildman–Crippen MR) is 252 cm³/mol. The van der Waals surface area contributed by atoms with Gasteiger partial charge < -0.3 is 35.9 Å². The molecule has 0 aliphatic rings. The lowest BCUT2D eigenvalue weighted by Gasteiger charge is -2.21. The Hall–Kier alpha value is -2.92. The first-order valence-corrected chi connectivity index (χ1v) is 25.1. The summed E-state index contributed by atoms with van der Waals surface area (Å²) in [4.78, 5) is 48.4. The summed E-state index contributed by atoms with van der Waals surface area (Å²) in [5, 5.41) is 8.21. The van der Waals surface area contributed by atoms with E-state index in [2.05, 4.69) is 61.0 Å². The molecule has 356 valence electrons. The third kappa shape index (κ3) is 42.2. The Morgan fingerprint density at radius 2 is 1.08 bits per heavy atom. The van der Waals surface area contributed by atoms with Gasteiger partial charge in [0.1, 0.15) is 0 Å². The topological polar surface area (TPSA) is 158 Å². The molecule has 0 aromatic rings. The summed E-state index contributed by atoms with van der Waals surface area (Å²) < 4.78 is 16.9. The van der Waals surface area contributed by atoms with Gasteiger partial charge in [0.15, 0.2) is 6.10 Å². The van der Waals surface area contributed by atoms with Crippen molar-refractivity contribution in [2.24, 2.45) is 5.73 Å². The van der Waals surface area contributed by atoms with Crippen LogP contribution in [0.1, 0.15) is 220 Å². The smallest absolute Gasteiger partial charge is 0.405 e. The van der Waals surface area contributed by atoms with E-state index in [1.807, 2.05) is 0 Å². The van der Waals surface area contributed by atoms with Crippen LogP contribution in [0, 0.1) is 0 Å². The van der Waals surface area contributed by atoms with E-state index in [0.717, 1.165) is 51.4 Å². The second kappa shape index (κ2) is 46.6. The van der Waals surface area contributed by atoms with Crippen LogP contribution in [0.5, 0.6) is 0 Å². The van der Waals surface area contributed by atoms with Crippen molar-refractivity contribution in [2.45, 2.75) is 238 Å². The van der Waals surface area contributed by atoms with Crippen LogP contribution >= 0.6 is 0 Å². The SMILES string of the molecule is CCCCCCCCC=CCCCCCCCCOCCCNC(=O)CC(OC(N)=O)C(=O)NCC(CCCOC(CCC)CCCCC=CCCCCCCCC)NC=O. The van der Waals surface area contributed by atoms with Gasteiger partial charge in [-0.15, -0.1) is 0 Å². The zero-order valence-electron chi connectivity index (χ0n) is 39.5. The first kappa shape index (κ1) is 58.1. The maximum Gasteiger partial charge on any atom is 0.405 e. The maximum absolute atomic E-state index is 12.9. The van der Waals surface area contributed by atoms with Crippen molar-refractivity contribution in [1.82, 2.24) is 16.0 Å². The summed E-state index contributed by atoms with van der Waals surface area (Å²) in [7, 11) is 0. The van der Waals surface area contributed by atoms with Crippen LogP contribution in [0.25, 0.3) is 0 Å². The highest BCUT2D eigenvalue weighted by Crippen LogP contribution is 2.15. The molecule has 5 N–H and O–H groups in total. The Bertz CT molecular complexity index is 1070. The lowest BCUT2D eigenvalue weighted by Crippen LogP contribution is -2.47. The van der Waals surface area contributed by atoms with Gasteiger partial charge in [-0.1, -0.05) is 148 Å². The number of nitrogens with one attached hydrogen (secondary N) is 3. The number of carbonyl (C=O) groups is 4. The van der Waals surface area contributed by atoms with Crippen molar-refractivity contribution in [1.29, 1.82) is 0 Å². The lowest BCUT2D eigenvalue weighted by molar-refractivity contribution is -0.134. The molecule has 0 aliphatic carbocycles. The average Bonchev–Trinajstić information content (AvgIpc) is 3.24. The molecule has 0 aromatic carbocycles. The Labute approximate surface area is 373 Å². The molecule has 3 atom stereocenters. The predicted octanol–water partition coefficient (Wildman–Crippen LogP) is 11.5. The summed E-state index contributed by atoms with van der Waals surface area (Å²) in [6, 6.07) is -0.349. The number of hydrogen-bond donors (Lipinski definition) is 4. The number of ether oxygens (including phenoxy) is 3. The van der Waals surface area contributed by atoms with E-state index in [1.165, 1.54) is 122 Å². The largest absolute Gasteiger partial charge is 0.436 e. The quantitative estimate of drug-likeness (QED) is 0.0269. The van der Waals surface area contributed by atoms with Crippen LogP contribution in [-0.2, 0) is 28.6 Å². The van der Waals surface area contributed by atoms with Crippen LogP contribution in [0.3, 0.4) is 0 Å². The monoisotopic (exact) mass is 863 g/mol. The van der Waals surface area contributed by atoms with Crippen molar-refractivity contribution in [3.05, 3.63) is 24.3 Å². The minimum atomic E-state index is -1.38. The van der Waals surface area contributed by atoms with Gasteiger partial charge in [0.25, 0.3) is 5.91 Å². The number of rotatable bonds is 47. The number of unbranched alkanes of at least 4 members (excludes halogenated alkanes) is 20. The molecule has 0 bridgehead atoms. The van der Waals surface area contributed by atoms with E-state index >= 15 is 0 Å². The van der Waals surface area contributed by atoms with E-state index in [1.54, 1.807) is 0 Å². The zero-order chi connectivity index (χ0) is 44.7. The first-order valence-electron chi connectivity index (χ1n) is 25.1. The Balaban J connectivity index is 4.17. The van der Waals surface area contributed by atoms with E-state index in [9.17, 15) is 19.2 Å². The molecule has 0 radical (unpaired) electrons. The van der Waals surface area contributed by atoms with E-state index < -0.39 is 24.0 Å². The number of carbonyl (C=O) groups excluding carboxylic acids is 4. The van der Waals surface area contributed by atoms with Gasteiger partial charge in [-0.05, 0) is 89.9 Å². The van der Waals surface area contributed by atoms with Crippen molar-refractivity contribution in [2.75, 3.05) is 32.9 Å². The normalized spacial score (nSPS) is 13.0. The number of nitrogens with two attached hydrogens (primary N) is 1. The van der Waals surface area contributed by atoms with Gasteiger partial charge in [0, 0.05) is 39.0 Å². The molecule has 61 heavy (non-hydrogen) atoms. The summed E-state index contributed by atoms with van der Waals surface area (Å²) in [6.45, 7) is 8.96. The molecule has 4 amide bonds. The fraction of sp³-hybridized carbons (Fsp3) is 0.840. The minimum absolute atomic E-state index is 0.108. The van der Waals surface area contributed by atoms with Gasteiger partial charge in [0.2, 0.25) is 12.3 Å². The molecule has 0 heterocycles. The lowest BCUT2D eigenvalue weighted by atomic mass is 10.1. The minimum Gasteiger partial charge on any atom is -0.436 e. The third-order valence-corrected chi connectivity index (χ3v) is 11.0. The molecule has 0 fully saturated rings. The van der Waals surface area contributed by atoms with Gasteiger partial charge in [-0.3, -0.25) is 14.4 Å². The van der Waals surface area contributed by atoms with Crippen LogP contribution in [0.4, 0.5) is 4.79 Å². The molecule has 11 heteroatoms. The Kier molecular flexibility index (Phi) is 44.3. The maximum atomic E-state index is 12.9. The molecule has 0 spiro atoms. The molecule has 0 rings (SSSR count). The van der Waals surface area contributed by atoms with Gasteiger partial charge in [-0.2, -0.15) is 0 Å². The van der Waals surface area contributed by atoms with Gasteiger partial charge in [-0.25, -0.2) is 4.79 Å². The standard InChI is InChI=1S/C50H94N4O7/c1-4-7-9-11-13-15-17-19-20-21-22-24-26-28-30-32-39-59-40-34-38-52-48(56)42-47(61-50(51)58)49(57)53-43-45(54-44-55)36-33-41-60-46(35-6-3)37-31-29-27-25-23-18-16-14-12-10-8-5-2/h19-20,23,25,44-47H,4-18,21-22,24,26-43H2,1-3H3,(H2,51,58)(H,52,56)(H,53,57)(H,54,55). The molecule has 0 aliphatic heterocycles. The third-order valence-electron chi connectivity index (χ3n) is 11.0. The molecular weight excluding hydrogens is 769 g/mol. The summed E-state index contributed by atoms with van der Waals surface area (Å²) in [5.74, 6) is -1.09. The zero-order valence-corrected chi connectivity index (χ0v) is 39.5. The fourth-order valence-corrected chi connectivity index (χ4v) is 7.33. The van der Waals surface area contributed by atoms with Crippen molar-refractivity contribution >= 4 is 24.3 Å². The molecular formula is C50H94N4O7. The highest BCUT2D eigenvalue weighted by Gasteiger charge is 2.26. The molecule has 0 aromatic heterocycles. The summed E-state index contributed by atoms with van der Waals surface area (Å²) >= 11 is 0. The summed E-state index contributed by atoms with van der Waals surface area (Å²) in [6.07, 6.45) is 42.7. The number of primary amides is 1. The highest BCUT2D eigenvalue weighted by atomic mass is 16.6. The van der Waals surface area contributed by atoms with Crippen LogP contribution < -0.4 is 21.7 Å². The van der Waals surface area contributed by atoms with Crippen LogP contribution in [-0.4, -0.2) is 75.5 Å². The van der Waals surface area contributed by atoms with E-state index in [-0.39, 0.29) is 25.1 Å². The molecule has 0 saturated heterocycles. The first-order chi connectivity index (χ1) is 29.9. The molecule has 3 unspecified atom stereocenters. The van der Waals surface area contributed by atoms with Crippen molar-refractivity contribution in [3.63, 3.8) is 0 Å². The van der Waals surface area contributed by atoms with Crippen molar-refractivity contribution in [3.8, 4) is 0 Å². The van der Waals surface area contributed by atoms with Crippen LogP contribution in [0.15, 0.2) is 24.3 Å². The molecule has 0 saturated carbocycles. The number of amides is 4. The fourth-order valence-electron chi connectivity index (χ4n) is 7.33. The van der Waals surface area contributed by atoms with Crippen LogP contribution in [0.2, 0.25) is 0 Å². The highest BCUT2D eigenvalue weighted by molar-refractivity contribution is 5.89. The number of allylic oxidation sites excluding steroid dienone is 4. The second-order valence-electron chi connectivity index (χ2n) is 16.8. The Morgan fingerprint density at radius 3 is 1.62 bits per heavy atom. The Morgan fingerprint density at radius 1 is 0.557 bits per heavy atom. The molecule has 11 nitrogen and oxygen atoms in total. The van der Waals surface area contributed by atoms with E-state index in [4.69, 9.17) is 19.9 Å². The van der Waals surface area contributed by atoms with Crippen molar-refractivity contribution < 1.29 is 33.4 Å². The van der Waals surface area contributed by atoms with Gasteiger partial charge >= 0.3 is 6.09 Å². The second-order valence-corrected chi connectivity index (χ2v) is 16.8.